The van der Waals surface area contributed by atoms with E-state index < -0.39 is 0 Å². The van der Waals surface area contributed by atoms with Gasteiger partial charge in [0.2, 0.25) is 0 Å². The Balaban J connectivity index is 1.70. The summed E-state index contributed by atoms with van der Waals surface area (Å²) < 4.78 is 6.50. The number of hydrogen-bond donors (Lipinski definition) is 1. The number of amides is 1. The predicted octanol–water partition coefficient (Wildman–Crippen LogP) is 5.58. The predicted molar refractivity (Wildman–Crippen MR) is 102 cm³/mol. The van der Waals surface area contributed by atoms with E-state index in [1.807, 2.05) is 49.4 Å². The molecule has 0 aliphatic heterocycles. The molecule has 0 saturated heterocycles. The molecule has 5 heteroatoms. The molecule has 0 atom stereocenters. The Morgan fingerprint density at radius 2 is 1.96 bits per heavy atom. The molecule has 3 nitrogen and oxygen atoms in total. The molecule has 122 valence electrons. The Morgan fingerprint density at radius 1 is 1.17 bits per heavy atom. The molecular formula is C19H15BrClNO2. The van der Waals surface area contributed by atoms with Crippen LogP contribution in [0, 0.1) is 6.92 Å². The van der Waals surface area contributed by atoms with E-state index in [1.54, 1.807) is 12.1 Å². The van der Waals surface area contributed by atoms with Gasteiger partial charge in [-0.25, -0.2) is 0 Å². The highest BCUT2D eigenvalue weighted by Gasteiger charge is 2.10. The number of hydrogen-bond acceptors (Lipinski definition) is 2. The molecule has 0 aliphatic rings. The van der Waals surface area contributed by atoms with Gasteiger partial charge in [0.1, 0.15) is 5.75 Å². The second kappa shape index (κ2) is 7.24. The van der Waals surface area contributed by atoms with Crippen molar-refractivity contribution in [1.29, 1.82) is 0 Å². The standard InChI is InChI=1S/C19H15BrClNO2/c1-12-6-8-14(21)10-16(12)22-18(23)11-24-17-9-7-13-4-2-3-5-15(13)19(17)20/h2-10H,11H2,1H3,(H,22,23). The van der Waals surface area contributed by atoms with Crippen molar-refractivity contribution < 1.29 is 9.53 Å². The smallest absolute Gasteiger partial charge is 0.262 e. The van der Waals surface area contributed by atoms with Crippen molar-refractivity contribution in [1.82, 2.24) is 0 Å². The van der Waals surface area contributed by atoms with E-state index in [9.17, 15) is 4.79 Å². The van der Waals surface area contributed by atoms with Crippen LogP contribution in [-0.2, 0) is 4.79 Å². The molecule has 0 bridgehead atoms. The van der Waals surface area contributed by atoms with Crippen LogP contribution in [0.3, 0.4) is 0 Å². The normalized spacial score (nSPS) is 10.6. The minimum absolute atomic E-state index is 0.0805. The minimum Gasteiger partial charge on any atom is -0.483 e. The van der Waals surface area contributed by atoms with Crippen LogP contribution in [0.4, 0.5) is 5.69 Å². The molecule has 0 heterocycles. The van der Waals surface area contributed by atoms with Crippen LogP contribution in [0.1, 0.15) is 5.56 Å². The van der Waals surface area contributed by atoms with E-state index in [1.165, 1.54) is 0 Å². The maximum atomic E-state index is 12.1. The Kier molecular flexibility index (Phi) is 5.07. The molecule has 3 rings (SSSR count). The van der Waals surface area contributed by atoms with E-state index in [0.29, 0.717) is 16.5 Å². The highest BCUT2D eigenvalue weighted by Crippen LogP contribution is 2.33. The van der Waals surface area contributed by atoms with Gasteiger partial charge in [0.15, 0.2) is 6.61 Å². The molecule has 1 N–H and O–H groups in total. The lowest BCUT2D eigenvalue weighted by Gasteiger charge is -2.12. The summed E-state index contributed by atoms with van der Waals surface area (Å²) in [5, 5.41) is 5.54. The highest BCUT2D eigenvalue weighted by atomic mass is 79.9. The van der Waals surface area contributed by atoms with Gasteiger partial charge in [-0.05, 0) is 57.4 Å². The lowest BCUT2D eigenvalue weighted by Crippen LogP contribution is -2.20. The molecule has 0 aliphatic carbocycles. The molecular weight excluding hydrogens is 390 g/mol. The Labute approximate surface area is 153 Å². The molecule has 3 aromatic rings. The lowest BCUT2D eigenvalue weighted by atomic mass is 10.1. The van der Waals surface area contributed by atoms with Crippen LogP contribution in [0.15, 0.2) is 59.1 Å². The van der Waals surface area contributed by atoms with Crippen molar-refractivity contribution in [2.75, 3.05) is 11.9 Å². The molecule has 1 amide bonds. The van der Waals surface area contributed by atoms with Crippen molar-refractivity contribution >= 4 is 49.9 Å². The zero-order chi connectivity index (χ0) is 17.1. The maximum absolute atomic E-state index is 12.1. The summed E-state index contributed by atoms with van der Waals surface area (Å²) in [5.41, 5.74) is 1.63. The summed E-state index contributed by atoms with van der Waals surface area (Å²) in [6, 6.07) is 17.2. The fourth-order valence-electron chi connectivity index (χ4n) is 2.38. The van der Waals surface area contributed by atoms with Crippen molar-refractivity contribution in [2.45, 2.75) is 6.92 Å². The first kappa shape index (κ1) is 16.8. The zero-order valence-corrected chi connectivity index (χ0v) is 15.3. The second-order valence-electron chi connectivity index (χ2n) is 5.39. The van der Waals surface area contributed by atoms with Crippen LogP contribution < -0.4 is 10.1 Å². The second-order valence-corrected chi connectivity index (χ2v) is 6.62. The third-order valence-electron chi connectivity index (χ3n) is 3.66. The zero-order valence-electron chi connectivity index (χ0n) is 13.0. The molecule has 0 saturated carbocycles. The van der Waals surface area contributed by atoms with E-state index >= 15 is 0 Å². The SMILES string of the molecule is Cc1ccc(Cl)cc1NC(=O)COc1ccc2ccccc2c1Br. The summed E-state index contributed by atoms with van der Waals surface area (Å²) in [6.45, 7) is 1.83. The van der Waals surface area contributed by atoms with Crippen molar-refractivity contribution in [3.05, 3.63) is 69.7 Å². The summed E-state index contributed by atoms with van der Waals surface area (Å²) in [7, 11) is 0. The highest BCUT2D eigenvalue weighted by molar-refractivity contribution is 9.10. The Hall–Kier alpha value is -2.04. The van der Waals surface area contributed by atoms with Crippen LogP contribution in [0.5, 0.6) is 5.75 Å². The first-order valence-corrected chi connectivity index (χ1v) is 8.58. The summed E-state index contributed by atoms with van der Waals surface area (Å²) in [6.07, 6.45) is 0. The van der Waals surface area contributed by atoms with Gasteiger partial charge in [-0.15, -0.1) is 0 Å². The maximum Gasteiger partial charge on any atom is 0.262 e. The van der Waals surface area contributed by atoms with Gasteiger partial charge in [-0.2, -0.15) is 0 Å². The quantitative estimate of drug-likeness (QED) is 0.616. The lowest BCUT2D eigenvalue weighted by molar-refractivity contribution is -0.118. The number of benzene rings is 3. The molecule has 3 aromatic carbocycles. The number of fused-ring (bicyclic) bond motifs is 1. The fourth-order valence-corrected chi connectivity index (χ4v) is 3.16. The Morgan fingerprint density at radius 3 is 2.79 bits per heavy atom. The number of anilines is 1. The van der Waals surface area contributed by atoms with E-state index in [-0.39, 0.29) is 12.5 Å². The molecule has 0 spiro atoms. The van der Waals surface area contributed by atoms with Gasteiger partial charge in [0.25, 0.3) is 5.91 Å². The van der Waals surface area contributed by atoms with Crippen molar-refractivity contribution in [2.24, 2.45) is 0 Å². The van der Waals surface area contributed by atoms with Crippen LogP contribution in [0.25, 0.3) is 10.8 Å². The van der Waals surface area contributed by atoms with E-state index in [4.69, 9.17) is 16.3 Å². The van der Waals surface area contributed by atoms with E-state index in [2.05, 4.69) is 21.2 Å². The largest absolute Gasteiger partial charge is 0.483 e. The number of carbonyl (C=O) groups is 1. The fraction of sp³-hybridized carbons (Fsp3) is 0.105. The van der Waals surface area contributed by atoms with Crippen molar-refractivity contribution in [3.63, 3.8) is 0 Å². The number of aryl methyl sites for hydroxylation is 1. The number of carbonyl (C=O) groups excluding carboxylic acids is 1. The number of rotatable bonds is 4. The van der Waals surface area contributed by atoms with Gasteiger partial charge in [0, 0.05) is 10.7 Å². The van der Waals surface area contributed by atoms with Crippen LogP contribution in [-0.4, -0.2) is 12.5 Å². The minimum atomic E-state index is -0.236. The summed E-state index contributed by atoms with van der Waals surface area (Å²) >= 11 is 9.51. The van der Waals surface area contributed by atoms with Crippen LogP contribution in [0.2, 0.25) is 5.02 Å². The number of halogens is 2. The number of ether oxygens (including phenoxy) is 1. The molecule has 0 unspecified atom stereocenters. The van der Waals surface area contributed by atoms with Crippen molar-refractivity contribution in [3.8, 4) is 5.75 Å². The third kappa shape index (κ3) is 3.71. The van der Waals surface area contributed by atoms with Gasteiger partial charge in [-0.3, -0.25) is 4.79 Å². The van der Waals surface area contributed by atoms with Gasteiger partial charge < -0.3 is 10.1 Å². The van der Waals surface area contributed by atoms with Gasteiger partial charge >= 0.3 is 0 Å². The summed E-state index contributed by atoms with van der Waals surface area (Å²) in [4.78, 5) is 12.1. The Bertz CT molecular complexity index is 911. The average Bonchev–Trinajstić information content (AvgIpc) is 2.58. The molecule has 0 fully saturated rings. The average molecular weight is 405 g/mol. The first-order valence-electron chi connectivity index (χ1n) is 7.40. The third-order valence-corrected chi connectivity index (χ3v) is 4.71. The topological polar surface area (TPSA) is 38.3 Å². The monoisotopic (exact) mass is 403 g/mol. The first-order chi connectivity index (χ1) is 11.5. The molecule has 0 radical (unpaired) electrons. The summed E-state index contributed by atoms with van der Waals surface area (Å²) in [5.74, 6) is 0.395. The van der Waals surface area contributed by atoms with Crippen LogP contribution >= 0.6 is 27.5 Å². The molecule has 24 heavy (non-hydrogen) atoms. The van der Waals surface area contributed by atoms with Gasteiger partial charge in [0.05, 0.1) is 4.47 Å². The number of nitrogens with one attached hydrogen (secondary N) is 1. The van der Waals surface area contributed by atoms with E-state index in [0.717, 1.165) is 20.8 Å². The van der Waals surface area contributed by atoms with Gasteiger partial charge in [-0.1, -0.05) is 48.0 Å². The molecule has 0 aromatic heterocycles.